The number of amides is 1. The SMILES string of the molecule is COc1cc(NC(=O)C(C)(C)CN)ccc1C(=O)O. The number of anilines is 1. The monoisotopic (exact) mass is 266 g/mol. The lowest BCUT2D eigenvalue weighted by atomic mass is 9.92. The van der Waals surface area contributed by atoms with E-state index in [4.69, 9.17) is 15.6 Å². The average Bonchev–Trinajstić information content (AvgIpc) is 2.38. The number of carboxylic acid groups (broad SMARTS) is 1. The van der Waals surface area contributed by atoms with E-state index in [1.807, 2.05) is 0 Å². The molecular weight excluding hydrogens is 248 g/mol. The van der Waals surface area contributed by atoms with Gasteiger partial charge in [0.15, 0.2) is 0 Å². The van der Waals surface area contributed by atoms with E-state index in [9.17, 15) is 9.59 Å². The van der Waals surface area contributed by atoms with Crippen LogP contribution in [0.5, 0.6) is 5.75 Å². The van der Waals surface area contributed by atoms with Crippen LogP contribution in [0.15, 0.2) is 18.2 Å². The lowest BCUT2D eigenvalue weighted by Gasteiger charge is -2.21. The molecule has 0 spiro atoms. The molecule has 0 aliphatic rings. The number of ether oxygens (including phenoxy) is 1. The molecule has 0 bridgehead atoms. The van der Waals surface area contributed by atoms with Gasteiger partial charge in [-0.3, -0.25) is 4.79 Å². The van der Waals surface area contributed by atoms with E-state index in [2.05, 4.69) is 5.32 Å². The molecule has 0 aliphatic heterocycles. The van der Waals surface area contributed by atoms with Gasteiger partial charge in [0.05, 0.1) is 12.5 Å². The van der Waals surface area contributed by atoms with Crippen molar-refractivity contribution in [3.8, 4) is 5.75 Å². The molecule has 1 aromatic rings. The molecule has 0 aromatic heterocycles. The molecule has 0 atom stereocenters. The number of aromatic carboxylic acids is 1. The Hall–Kier alpha value is -2.08. The van der Waals surface area contributed by atoms with Crippen molar-refractivity contribution in [3.05, 3.63) is 23.8 Å². The van der Waals surface area contributed by atoms with Gasteiger partial charge in [0, 0.05) is 18.3 Å². The van der Waals surface area contributed by atoms with Crippen LogP contribution in [0.4, 0.5) is 5.69 Å². The van der Waals surface area contributed by atoms with Gasteiger partial charge in [-0.25, -0.2) is 4.79 Å². The highest BCUT2D eigenvalue weighted by Gasteiger charge is 2.26. The number of methoxy groups -OCH3 is 1. The van der Waals surface area contributed by atoms with Crippen molar-refractivity contribution in [2.45, 2.75) is 13.8 Å². The molecule has 0 unspecified atom stereocenters. The summed E-state index contributed by atoms with van der Waals surface area (Å²) in [5, 5.41) is 11.6. The maximum Gasteiger partial charge on any atom is 0.339 e. The number of rotatable bonds is 5. The summed E-state index contributed by atoms with van der Waals surface area (Å²) in [4.78, 5) is 22.9. The van der Waals surface area contributed by atoms with Crippen molar-refractivity contribution < 1.29 is 19.4 Å². The number of carbonyl (C=O) groups excluding carboxylic acids is 1. The van der Waals surface area contributed by atoms with Crippen LogP contribution >= 0.6 is 0 Å². The summed E-state index contributed by atoms with van der Waals surface area (Å²) < 4.78 is 4.98. The Morgan fingerprint density at radius 1 is 1.42 bits per heavy atom. The van der Waals surface area contributed by atoms with Crippen LogP contribution in [-0.4, -0.2) is 30.6 Å². The third-order valence-electron chi connectivity index (χ3n) is 2.81. The molecule has 0 fully saturated rings. The zero-order valence-electron chi connectivity index (χ0n) is 11.2. The van der Waals surface area contributed by atoms with Crippen LogP contribution in [0.1, 0.15) is 24.2 Å². The highest BCUT2D eigenvalue weighted by Crippen LogP contribution is 2.24. The molecule has 104 valence electrons. The molecule has 6 heteroatoms. The summed E-state index contributed by atoms with van der Waals surface area (Å²) in [6.07, 6.45) is 0. The van der Waals surface area contributed by atoms with Gasteiger partial charge in [-0.1, -0.05) is 0 Å². The zero-order valence-corrected chi connectivity index (χ0v) is 11.2. The molecule has 0 saturated heterocycles. The molecule has 0 saturated carbocycles. The second-order valence-electron chi connectivity index (χ2n) is 4.76. The lowest BCUT2D eigenvalue weighted by molar-refractivity contribution is -0.123. The Bertz CT molecular complexity index is 497. The molecule has 1 aromatic carbocycles. The van der Waals surface area contributed by atoms with Crippen LogP contribution in [0.2, 0.25) is 0 Å². The molecule has 1 amide bonds. The number of hydrogen-bond donors (Lipinski definition) is 3. The fourth-order valence-corrected chi connectivity index (χ4v) is 1.34. The van der Waals surface area contributed by atoms with Gasteiger partial charge in [0.25, 0.3) is 0 Å². The van der Waals surface area contributed by atoms with Gasteiger partial charge in [-0.05, 0) is 26.0 Å². The van der Waals surface area contributed by atoms with Crippen molar-refractivity contribution in [1.29, 1.82) is 0 Å². The fourth-order valence-electron chi connectivity index (χ4n) is 1.34. The summed E-state index contributed by atoms with van der Waals surface area (Å²) in [6.45, 7) is 3.67. The first-order valence-corrected chi connectivity index (χ1v) is 5.74. The first-order chi connectivity index (χ1) is 8.81. The third-order valence-corrected chi connectivity index (χ3v) is 2.81. The molecule has 0 radical (unpaired) electrons. The molecule has 1 rings (SSSR count). The van der Waals surface area contributed by atoms with Crippen molar-refractivity contribution in [2.24, 2.45) is 11.1 Å². The van der Waals surface area contributed by atoms with E-state index >= 15 is 0 Å². The minimum atomic E-state index is -1.09. The quantitative estimate of drug-likeness (QED) is 0.746. The maximum atomic E-state index is 11.9. The molecular formula is C13H18N2O4. The maximum absolute atomic E-state index is 11.9. The predicted molar refractivity (Wildman–Crippen MR) is 71.4 cm³/mol. The highest BCUT2D eigenvalue weighted by atomic mass is 16.5. The van der Waals surface area contributed by atoms with Gasteiger partial charge in [-0.15, -0.1) is 0 Å². The first-order valence-electron chi connectivity index (χ1n) is 5.74. The number of nitrogens with one attached hydrogen (secondary N) is 1. The number of hydrogen-bond acceptors (Lipinski definition) is 4. The number of carboxylic acids is 1. The zero-order chi connectivity index (χ0) is 14.6. The van der Waals surface area contributed by atoms with Crippen molar-refractivity contribution in [2.75, 3.05) is 19.0 Å². The van der Waals surface area contributed by atoms with Crippen LogP contribution in [-0.2, 0) is 4.79 Å². The van der Waals surface area contributed by atoms with Crippen molar-refractivity contribution >= 4 is 17.6 Å². The minimum absolute atomic E-state index is 0.0404. The van der Waals surface area contributed by atoms with Gasteiger partial charge < -0.3 is 20.9 Å². The topological polar surface area (TPSA) is 102 Å². The Labute approximate surface area is 111 Å². The molecule has 0 heterocycles. The van der Waals surface area contributed by atoms with Crippen LogP contribution in [0, 0.1) is 5.41 Å². The van der Waals surface area contributed by atoms with Crippen molar-refractivity contribution in [1.82, 2.24) is 0 Å². The summed E-state index contributed by atoms with van der Waals surface area (Å²) in [7, 11) is 1.37. The smallest absolute Gasteiger partial charge is 0.339 e. The predicted octanol–water partition coefficient (Wildman–Crippen LogP) is 1.32. The van der Waals surface area contributed by atoms with E-state index in [0.29, 0.717) is 5.69 Å². The van der Waals surface area contributed by atoms with Crippen LogP contribution in [0.3, 0.4) is 0 Å². The molecule has 0 aliphatic carbocycles. The normalized spacial score (nSPS) is 10.9. The van der Waals surface area contributed by atoms with E-state index in [0.717, 1.165) is 0 Å². The van der Waals surface area contributed by atoms with Gasteiger partial charge in [0.2, 0.25) is 5.91 Å². The molecule has 4 N–H and O–H groups in total. The Morgan fingerprint density at radius 2 is 2.05 bits per heavy atom. The summed E-state index contributed by atoms with van der Waals surface area (Å²) in [6, 6.07) is 4.36. The number of carbonyl (C=O) groups is 2. The number of nitrogens with two attached hydrogens (primary N) is 1. The summed E-state index contributed by atoms with van der Waals surface area (Å²) in [5.41, 5.74) is 5.33. The van der Waals surface area contributed by atoms with E-state index in [1.54, 1.807) is 13.8 Å². The molecule has 6 nitrogen and oxygen atoms in total. The number of benzene rings is 1. The fraction of sp³-hybridized carbons (Fsp3) is 0.385. The Kier molecular flexibility index (Phi) is 4.50. The molecule has 19 heavy (non-hydrogen) atoms. The Balaban J connectivity index is 2.98. The second-order valence-corrected chi connectivity index (χ2v) is 4.76. The third kappa shape index (κ3) is 3.45. The van der Waals surface area contributed by atoms with Crippen LogP contribution < -0.4 is 15.8 Å². The minimum Gasteiger partial charge on any atom is -0.496 e. The van der Waals surface area contributed by atoms with Gasteiger partial charge in [-0.2, -0.15) is 0 Å². The Morgan fingerprint density at radius 3 is 2.53 bits per heavy atom. The van der Waals surface area contributed by atoms with E-state index in [1.165, 1.54) is 25.3 Å². The highest BCUT2D eigenvalue weighted by molar-refractivity contribution is 5.96. The van der Waals surface area contributed by atoms with Gasteiger partial charge >= 0.3 is 5.97 Å². The van der Waals surface area contributed by atoms with Gasteiger partial charge in [0.1, 0.15) is 11.3 Å². The summed E-state index contributed by atoms with van der Waals surface area (Å²) >= 11 is 0. The average molecular weight is 266 g/mol. The van der Waals surface area contributed by atoms with E-state index in [-0.39, 0.29) is 23.8 Å². The van der Waals surface area contributed by atoms with E-state index < -0.39 is 11.4 Å². The summed E-state index contributed by atoms with van der Waals surface area (Å²) in [5.74, 6) is -1.13. The van der Waals surface area contributed by atoms with Crippen LogP contribution in [0.25, 0.3) is 0 Å². The largest absolute Gasteiger partial charge is 0.496 e. The van der Waals surface area contributed by atoms with Crippen molar-refractivity contribution in [3.63, 3.8) is 0 Å². The lowest BCUT2D eigenvalue weighted by Crippen LogP contribution is -2.37. The standard InChI is InChI=1S/C13H18N2O4/c1-13(2,7-14)12(18)15-8-4-5-9(11(16)17)10(6-8)19-3/h4-6H,7,14H2,1-3H3,(H,15,18)(H,16,17). The second kappa shape index (κ2) is 5.71. The first kappa shape index (κ1) is 15.0.